The van der Waals surface area contributed by atoms with Crippen LogP contribution in [0.25, 0.3) is 32.9 Å². The van der Waals surface area contributed by atoms with Crippen molar-refractivity contribution in [3.05, 3.63) is 47.9 Å². The summed E-state index contributed by atoms with van der Waals surface area (Å²) in [5.41, 5.74) is 0.608. The number of aryl methyl sites for hydroxylation is 1. The highest BCUT2D eigenvalue weighted by Gasteiger charge is 2.49. The van der Waals surface area contributed by atoms with E-state index in [1.54, 1.807) is 12.3 Å². The Morgan fingerprint density at radius 2 is 2.00 bits per heavy atom. The number of carbonyl (C=O) groups is 1. The van der Waals surface area contributed by atoms with Crippen molar-refractivity contribution in [1.29, 1.82) is 0 Å². The number of rotatable bonds is 3. The minimum Gasteiger partial charge on any atom is -0.508 e. The molecule has 2 aromatic heterocycles. The van der Waals surface area contributed by atoms with Crippen LogP contribution in [0.5, 0.6) is 11.8 Å². The molecule has 0 radical (unpaired) electrons. The Morgan fingerprint density at radius 3 is 2.89 bits per heavy atom. The number of nitrogens with zero attached hydrogens (tertiary/aromatic N) is 5. The van der Waals surface area contributed by atoms with Crippen LogP contribution in [-0.4, -0.2) is 80.9 Å². The van der Waals surface area contributed by atoms with Crippen molar-refractivity contribution in [2.75, 3.05) is 37.7 Å². The van der Waals surface area contributed by atoms with Gasteiger partial charge in [0.05, 0.1) is 16.5 Å². The summed E-state index contributed by atoms with van der Waals surface area (Å²) in [4.78, 5) is 31.6. The number of nitrogens with one attached hydrogen (secondary N) is 1. The molecule has 0 unspecified atom stereocenters. The monoisotopic (exact) mass is 628 g/mol. The second-order valence-corrected chi connectivity index (χ2v) is 13.9. The lowest BCUT2D eigenvalue weighted by Gasteiger charge is -2.42. The molecular weight excluding hydrogens is 590 g/mol. The molecule has 7 heterocycles. The van der Waals surface area contributed by atoms with Gasteiger partial charge in [-0.3, -0.25) is 14.7 Å². The van der Waals surface area contributed by atoms with Gasteiger partial charge in [0.15, 0.2) is 5.82 Å². The molecule has 0 spiro atoms. The molecule has 0 saturated carbocycles. The number of phenolic OH excluding ortho intramolecular Hbond substituents is 1. The summed E-state index contributed by atoms with van der Waals surface area (Å²) < 4.78 is 37.7. The second kappa shape index (κ2) is 11.0. The third-order valence-electron chi connectivity index (χ3n) is 10.5. The molecule has 1 amide bonds. The van der Waals surface area contributed by atoms with Crippen LogP contribution in [0.3, 0.4) is 0 Å². The number of piperidine rings is 1. The van der Waals surface area contributed by atoms with E-state index in [-0.39, 0.29) is 35.5 Å². The Labute approximate surface area is 266 Å². The maximum atomic E-state index is 16.9. The molecule has 3 saturated heterocycles. The predicted molar refractivity (Wildman–Crippen MR) is 171 cm³/mol. The summed E-state index contributed by atoms with van der Waals surface area (Å²) in [5, 5.41) is 15.9. The smallest absolute Gasteiger partial charge is 0.319 e. The van der Waals surface area contributed by atoms with Crippen molar-refractivity contribution >= 4 is 33.4 Å². The van der Waals surface area contributed by atoms with E-state index in [1.165, 1.54) is 6.07 Å². The van der Waals surface area contributed by atoms with Gasteiger partial charge in [0.2, 0.25) is 5.91 Å². The van der Waals surface area contributed by atoms with Gasteiger partial charge in [-0.1, -0.05) is 18.2 Å². The molecule has 9 rings (SSSR count). The zero-order chi connectivity index (χ0) is 31.6. The second-order valence-electron chi connectivity index (χ2n) is 13.9. The summed E-state index contributed by atoms with van der Waals surface area (Å²) in [6.07, 6.45) is 6.07. The standard InChI is InChI=1S/C35H38F2N6O3/c1-34-10-4-12-42(19-34)32-26-17-38-30(25-15-24(44)14-22-8-2-6-21(28(22)25)7-3-9-27(45)41-34)29(37)31(26)39-33(40-32)46-20-35-11-5-13-43(35)18-23(36)16-35/h2,6,8,14-15,17,23,44H,3-5,7,9-13,16,18-20H2,1H3,(H,41,45)/t23-,34-,35+/m1/s1. The van der Waals surface area contributed by atoms with Crippen molar-refractivity contribution in [3.63, 3.8) is 0 Å². The van der Waals surface area contributed by atoms with Gasteiger partial charge < -0.3 is 20.1 Å². The molecule has 11 heteroatoms. The third kappa shape index (κ3) is 4.99. The zero-order valence-electron chi connectivity index (χ0n) is 26.0. The normalized spacial score (nSPS) is 26.6. The number of phenols is 1. The minimum atomic E-state index is -0.904. The molecule has 6 bridgehead atoms. The van der Waals surface area contributed by atoms with Crippen LogP contribution in [0.4, 0.5) is 14.6 Å². The summed E-state index contributed by atoms with van der Waals surface area (Å²) in [6, 6.07) is 8.99. The number of anilines is 1. The number of fused-ring (bicyclic) bond motifs is 6. The van der Waals surface area contributed by atoms with Gasteiger partial charge in [0, 0.05) is 44.2 Å². The van der Waals surface area contributed by atoms with E-state index in [0.717, 1.165) is 48.6 Å². The van der Waals surface area contributed by atoms with Crippen LogP contribution in [0, 0.1) is 5.82 Å². The first-order valence-electron chi connectivity index (χ1n) is 16.4. The Hall–Kier alpha value is -4.12. The molecular formula is C35H38F2N6O3. The SMILES string of the molecule is C[C@@]12CCCN(C1)c1nc(OC[C@@]34CCCN3C[C@H](F)C4)nc3c(F)c(ncc13)-c1cc(O)cc3cccc(c13)CCCC(=O)N2. The van der Waals surface area contributed by atoms with Gasteiger partial charge >= 0.3 is 6.01 Å². The topological polar surface area (TPSA) is 104 Å². The highest BCUT2D eigenvalue weighted by molar-refractivity contribution is 6.01. The van der Waals surface area contributed by atoms with E-state index in [1.807, 2.05) is 25.1 Å². The van der Waals surface area contributed by atoms with Gasteiger partial charge in [-0.25, -0.2) is 8.78 Å². The van der Waals surface area contributed by atoms with E-state index < -0.39 is 23.1 Å². The lowest BCUT2D eigenvalue weighted by atomic mass is 9.90. The molecule has 9 nitrogen and oxygen atoms in total. The Bertz CT molecular complexity index is 1870. The van der Waals surface area contributed by atoms with E-state index >= 15 is 4.39 Å². The van der Waals surface area contributed by atoms with Crippen molar-refractivity contribution < 1.29 is 23.4 Å². The van der Waals surface area contributed by atoms with Gasteiger partial charge in [0.25, 0.3) is 0 Å². The Kier molecular flexibility index (Phi) is 7.00. The van der Waals surface area contributed by atoms with Crippen molar-refractivity contribution in [2.24, 2.45) is 0 Å². The van der Waals surface area contributed by atoms with E-state index in [0.29, 0.717) is 62.1 Å². The lowest BCUT2D eigenvalue weighted by molar-refractivity contribution is -0.123. The fraction of sp³-hybridized carbons (Fsp3) is 0.486. The van der Waals surface area contributed by atoms with E-state index in [2.05, 4.69) is 25.1 Å². The molecule has 2 N–H and O–H groups in total. The molecule has 5 aliphatic heterocycles. The first-order chi connectivity index (χ1) is 22.2. The Balaban J connectivity index is 1.31. The molecule has 46 heavy (non-hydrogen) atoms. The fourth-order valence-electron chi connectivity index (χ4n) is 8.41. The molecule has 3 atom stereocenters. The lowest BCUT2D eigenvalue weighted by Crippen LogP contribution is -2.57. The highest BCUT2D eigenvalue weighted by Crippen LogP contribution is 2.42. The van der Waals surface area contributed by atoms with Crippen molar-refractivity contribution in [1.82, 2.24) is 25.2 Å². The number of hydrogen-bond donors (Lipinski definition) is 2. The number of amides is 1. The van der Waals surface area contributed by atoms with E-state index in [4.69, 9.17) is 9.72 Å². The zero-order valence-corrected chi connectivity index (χ0v) is 26.0. The molecule has 3 fully saturated rings. The number of pyridine rings is 1. The van der Waals surface area contributed by atoms with Crippen LogP contribution >= 0.6 is 0 Å². The van der Waals surface area contributed by atoms with Gasteiger partial charge in [-0.05, 0) is 80.5 Å². The van der Waals surface area contributed by atoms with Crippen LogP contribution in [0.1, 0.15) is 57.4 Å². The average molecular weight is 629 g/mol. The predicted octanol–water partition coefficient (Wildman–Crippen LogP) is 5.46. The number of benzene rings is 2. The van der Waals surface area contributed by atoms with E-state index in [9.17, 15) is 14.3 Å². The quantitative estimate of drug-likeness (QED) is 0.309. The number of carbonyl (C=O) groups excluding carboxylic acids is 1. The fourth-order valence-corrected chi connectivity index (χ4v) is 8.41. The maximum Gasteiger partial charge on any atom is 0.319 e. The number of halogens is 2. The summed E-state index contributed by atoms with van der Waals surface area (Å²) in [5.74, 6) is -0.149. The minimum absolute atomic E-state index is 0.00200. The summed E-state index contributed by atoms with van der Waals surface area (Å²) in [6.45, 7) is 4.62. The average Bonchev–Trinajstić information content (AvgIpc) is 3.54. The summed E-state index contributed by atoms with van der Waals surface area (Å²) >= 11 is 0. The van der Waals surface area contributed by atoms with Gasteiger partial charge in [-0.15, -0.1) is 0 Å². The van der Waals surface area contributed by atoms with Gasteiger partial charge in [-0.2, -0.15) is 9.97 Å². The largest absolute Gasteiger partial charge is 0.508 e. The van der Waals surface area contributed by atoms with Crippen molar-refractivity contribution in [3.8, 4) is 23.0 Å². The molecule has 5 aliphatic rings. The van der Waals surface area contributed by atoms with Crippen LogP contribution in [0.2, 0.25) is 0 Å². The third-order valence-corrected chi connectivity index (χ3v) is 10.5. The first kappa shape index (κ1) is 29.3. The number of hydrogen-bond acceptors (Lipinski definition) is 8. The van der Waals surface area contributed by atoms with Gasteiger partial charge in [0.1, 0.15) is 35.6 Å². The van der Waals surface area contributed by atoms with Crippen LogP contribution < -0.4 is 15.0 Å². The first-order valence-corrected chi connectivity index (χ1v) is 16.4. The van der Waals surface area contributed by atoms with Crippen molar-refractivity contribution in [2.45, 2.75) is 75.5 Å². The number of aromatic hydroxyl groups is 1. The number of ether oxygens (including phenoxy) is 1. The molecule has 0 aliphatic carbocycles. The van der Waals surface area contributed by atoms with Crippen LogP contribution in [0.15, 0.2) is 36.5 Å². The maximum absolute atomic E-state index is 16.9. The number of alkyl halides is 1. The summed E-state index contributed by atoms with van der Waals surface area (Å²) in [7, 11) is 0. The molecule has 240 valence electrons. The number of aromatic nitrogens is 3. The highest BCUT2D eigenvalue weighted by atomic mass is 19.1. The Morgan fingerprint density at radius 1 is 1.13 bits per heavy atom. The molecule has 2 aromatic carbocycles. The van der Waals surface area contributed by atoms with Crippen LogP contribution in [-0.2, 0) is 11.2 Å². The molecule has 4 aromatic rings.